The zero-order valence-corrected chi connectivity index (χ0v) is 10.1. The van der Waals surface area contributed by atoms with E-state index in [1.165, 1.54) is 4.31 Å². The van der Waals surface area contributed by atoms with Crippen molar-refractivity contribution in [2.75, 3.05) is 18.9 Å². The largest absolute Gasteiger partial charge is 0.395 e. The number of aliphatic hydroxyl groups is 1. The Labute approximate surface area is 96.7 Å². The molecule has 0 aliphatic heterocycles. The van der Waals surface area contributed by atoms with Gasteiger partial charge in [0.15, 0.2) is 5.75 Å². The molecule has 1 aliphatic rings. The van der Waals surface area contributed by atoms with Gasteiger partial charge in [-0.3, -0.25) is 0 Å². The van der Waals surface area contributed by atoms with Gasteiger partial charge in [-0.05, 0) is 12.8 Å². The average molecular weight is 246 g/mol. The van der Waals surface area contributed by atoms with E-state index in [4.69, 9.17) is 10.4 Å². The molecule has 1 aliphatic carbocycles. The third-order valence-corrected chi connectivity index (χ3v) is 4.60. The predicted octanol–water partition coefficient (Wildman–Crippen LogP) is 0.467. The van der Waals surface area contributed by atoms with Gasteiger partial charge in [-0.2, -0.15) is 9.57 Å². The lowest BCUT2D eigenvalue weighted by Crippen LogP contribution is -2.43. The van der Waals surface area contributed by atoms with E-state index < -0.39 is 15.8 Å². The summed E-state index contributed by atoms with van der Waals surface area (Å²) in [6, 6.07) is 1.65. The molecule has 0 aromatic carbocycles. The van der Waals surface area contributed by atoms with Crippen molar-refractivity contribution < 1.29 is 13.5 Å². The Bertz CT molecular complexity index is 342. The molecule has 0 unspecified atom stereocenters. The van der Waals surface area contributed by atoms with Crippen LogP contribution in [0.5, 0.6) is 0 Å². The van der Waals surface area contributed by atoms with Crippen molar-refractivity contribution in [2.45, 2.75) is 38.1 Å². The van der Waals surface area contributed by atoms with E-state index in [2.05, 4.69) is 0 Å². The van der Waals surface area contributed by atoms with Gasteiger partial charge in [-0.25, -0.2) is 8.42 Å². The summed E-state index contributed by atoms with van der Waals surface area (Å²) in [4.78, 5) is 0. The summed E-state index contributed by atoms with van der Waals surface area (Å²) in [7, 11) is -3.52. The Morgan fingerprint density at radius 1 is 1.31 bits per heavy atom. The number of hydrogen-bond acceptors (Lipinski definition) is 4. The van der Waals surface area contributed by atoms with Crippen LogP contribution in [0.15, 0.2) is 0 Å². The highest BCUT2D eigenvalue weighted by Gasteiger charge is 2.30. The first-order valence-corrected chi connectivity index (χ1v) is 7.20. The molecule has 16 heavy (non-hydrogen) atoms. The Morgan fingerprint density at radius 3 is 2.44 bits per heavy atom. The summed E-state index contributed by atoms with van der Waals surface area (Å²) in [5, 5.41) is 17.4. The molecule has 0 radical (unpaired) electrons. The number of aliphatic hydroxyl groups excluding tert-OH is 1. The van der Waals surface area contributed by atoms with Gasteiger partial charge in [0.05, 0.1) is 12.7 Å². The first-order valence-electron chi connectivity index (χ1n) is 5.59. The van der Waals surface area contributed by atoms with Crippen LogP contribution in [0.4, 0.5) is 0 Å². The quantitative estimate of drug-likeness (QED) is 0.764. The second-order valence-corrected chi connectivity index (χ2v) is 5.96. The molecule has 0 spiro atoms. The van der Waals surface area contributed by atoms with E-state index in [0.717, 1.165) is 32.1 Å². The highest BCUT2D eigenvalue weighted by atomic mass is 32.2. The molecule has 5 nitrogen and oxygen atoms in total. The number of nitrogens with zero attached hydrogens (tertiary/aromatic N) is 2. The molecule has 0 bridgehead atoms. The summed E-state index contributed by atoms with van der Waals surface area (Å²) in [5.41, 5.74) is 0. The van der Waals surface area contributed by atoms with Crippen molar-refractivity contribution in [2.24, 2.45) is 0 Å². The maximum atomic E-state index is 11.8. The molecule has 0 amide bonds. The minimum absolute atomic E-state index is 0.0285. The molecule has 0 aromatic heterocycles. The summed E-state index contributed by atoms with van der Waals surface area (Å²) >= 11 is 0. The SMILES string of the molecule is N#CCS(=O)(=O)N(CCO)C1CCCCC1. The van der Waals surface area contributed by atoms with Crippen molar-refractivity contribution in [1.29, 1.82) is 5.26 Å². The van der Waals surface area contributed by atoms with E-state index in [1.54, 1.807) is 6.07 Å². The maximum Gasteiger partial charge on any atom is 0.227 e. The lowest BCUT2D eigenvalue weighted by molar-refractivity contribution is 0.200. The first-order chi connectivity index (χ1) is 7.61. The Morgan fingerprint density at radius 2 is 1.94 bits per heavy atom. The second-order valence-electron chi connectivity index (χ2n) is 4.04. The van der Waals surface area contributed by atoms with Crippen LogP contribution in [0.3, 0.4) is 0 Å². The van der Waals surface area contributed by atoms with Crippen LogP contribution in [0.1, 0.15) is 32.1 Å². The molecule has 0 atom stereocenters. The summed E-state index contributed by atoms with van der Waals surface area (Å²) in [5.74, 6) is -0.497. The third kappa shape index (κ3) is 3.44. The summed E-state index contributed by atoms with van der Waals surface area (Å²) in [6.45, 7) is -0.0875. The van der Waals surface area contributed by atoms with Crippen LogP contribution in [-0.4, -0.2) is 42.8 Å². The molecule has 92 valence electrons. The van der Waals surface area contributed by atoms with Crippen molar-refractivity contribution in [3.8, 4) is 6.07 Å². The minimum atomic E-state index is -3.52. The fourth-order valence-corrected chi connectivity index (χ4v) is 3.53. The van der Waals surface area contributed by atoms with Gasteiger partial charge < -0.3 is 5.11 Å². The topological polar surface area (TPSA) is 81.4 Å². The van der Waals surface area contributed by atoms with E-state index in [9.17, 15) is 8.42 Å². The Hall–Kier alpha value is -0.640. The van der Waals surface area contributed by atoms with Gasteiger partial charge in [0, 0.05) is 12.6 Å². The van der Waals surface area contributed by atoms with Gasteiger partial charge in [0.1, 0.15) is 0 Å². The summed E-state index contributed by atoms with van der Waals surface area (Å²) in [6.07, 6.45) is 4.86. The van der Waals surface area contributed by atoms with Crippen LogP contribution in [0, 0.1) is 11.3 Å². The zero-order valence-electron chi connectivity index (χ0n) is 9.30. The minimum Gasteiger partial charge on any atom is -0.395 e. The van der Waals surface area contributed by atoms with Crippen molar-refractivity contribution >= 4 is 10.0 Å². The van der Waals surface area contributed by atoms with Gasteiger partial charge in [0.2, 0.25) is 10.0 Å². The van der Waals surface area contributed by atoms with Crippen molar-refractivity contribution in [1.82, 2.24) is 4.31 Å². The number of sulfonamides is 1. The van der Waals surface area contributed by atoms with Gasteiger partial charge in [-0.15, -0.1) is 0 Å². The molecular weight excluding hydrogens is 228 g/mol. The molecule has 1 N–H and O–H groups in total. The van der Waals surface area contributed by atoms with E-state index in [1.807, 2.05) is 0 Å². The Balaban J connectivity index is 2.77. The maximum absolute atomic E-state index is 11.8. The highest BCUT2D eigenvalue weighted by Crippen LogP contribution is 2.24. The molecule has 6 heteroatoms. The first kappa shape index (κ1) is 13.4. The molecule has 0 heterocycles. The lowest BCUT2D eigenvalue weighted by Gasteiger charge is -2.32. The van der Waals surface area contributed by atoms with Crippen LogP contribution < -0.4 is 0 Å². The predicted molar refractivity (Wildman–Crippen MR) is 60.1 cm³/mol. The van der Waals surface area contributed by atoms with Crippen LogP contribution >= 0.6 is 0 Å². The van der Waals surface area contributed by atoms with Crippen LogP contribution in [0.25, 0.3) is 0 Å². The van der Waals surface area contributed by atoms with E-state index in [0.29, 0.717) is 0 Å². The number of nitriles is 1. The summed E-state index contributed by atoms with van der Waals surface area (Å²) < 4.78 is 24.9. The standard InChI is InChI=1S/C10H18N2O3S/c11-6-9-16(14,15)12(7-8-13)10-4-2-1-3-5-10/h10,13H,1-5,7-9H2. The van der Waals surface area contributed by atoms with Gasteiger partial charge in [0.25, 0.3) is 0 Å². The van der Waals surface area contributed by atoms with Crippen molar-refractivity contribution in [3.63, 3.8) is 0 Å². The third-order valence-electron chi connectivity index (χ3n) is 2.91. The van der Waals surface area contributed by atoms with Crippen molar-refractivity contribution in [3.05, 3.63) is 0 Å². The van der Waals surface area contributed by atoms with Gasteiger partial charge in [-0.1, -0.05) is 19.3 Å². The highest BCUT2D eigenvalue weighted by molar-refractivity contribution is 7.89. The van der Waals surface area contributed by atoms with E-state index in [-0.39, 0.29) is 19.2 Å². The fraction of sp³-hybridized carbons (Fsp3) is 0.900. The second kappa shape index (κ2) is 6.18. The zero-order chi connectivity index (χ0) is 12.0. The fourth-order valence-electron chi connectivity index (χ4n) is 2.18. The van der Waals surface area contributed by atoms with Crippen LogP contribution in [0.2, 0.25) is 0 Å². The molecule has 0 aromatic rings. The van der Waals surface area contributed by atoms with Crippen LogP contribution in [-0.2, 0) is 10.0 Å². The smallest absolute Gasteiger partial charge is 0.227 e. The van der Waals surface area contributed by atoms with Gasteiger partial charge >= 0.3 is 0 Å². The molecule has 1 rings (SSSR count). The monoisotopic (exact) mass is 246 g/mol. The molecule has 0 saturated heterocycles. The molecular formula is C10H18N2O3S. The molecule has 1 saturated carbocycles. The lowest BCUT2D eigenvalue weighted by atomic mass is 9.95. The average Bonchev–Trinajstić information content (AvgIpc) is 2.27. The normalized spacial score (nSPS) is 18.6. The number of rotatable bonds is 5. The molecule has 1 fully saturated rings. The number of hydrogen-bond donors (Lipinski definition) is 1. The van der Waals surface area contributed by atoms with E-state index >= 15 is 0 Å². The Kier molecular flexibility index (Phi) is 5.19.